The van der Waals surface area contributed by atoms with E-state index in [1.807, 2.05) is 42.5 Å². The summed E-state index contributed by atoms with van der Waals surface area (Å²) in [6.45, 7) is 3.29. The summed E-state index contributed by atoms with van der Waals surface area (Å²) in [6, 6.07) is 16.8. The van der Waals surface area contributed by atoms with E-state index >= 15 is 0 Å². The van der Waals surface area contributed by atoms with Gasteiger partial charge in [-0.3, -0.25) is 9.78 Å². The van der Waals surface area contributed by atoms with Crippen LogP contribution < -0.4 is 14.8 Å². The predicted octanol–water partition coefficient (Wildman–Crippen LogP) is 4.23. The van der Waals surface area contributed by atoms with Crippen LogP contribution in [-0.2, 0) is 0 Å². The normalized spacial score (nSPS) is 10.1. The zero-order chi connectivity index (χ0) is 20.3. The first kappa shape index (κ1) is 20.2. The molecule has 0 fully saturated rings. The van der Waals surface area contributed by atoms with Crippen LogP contribution in [0.25, 0.3) is 10.9 Å². The average Bonchev–Trinajstić information content (AvgIpc) is 2.76. The number of fused-ring (bicyclic) bond motifs is 1. The number of benzene rings is 2. The van der Waals surface area contributed by atoms with Crippen molar-refractivity contribution in [2.75, 3.05) is 19.8 Å². The third-order valence-corrected chi connectivity index (χ3v) is 4.24. The van der Waals surface area contributed by atoms with Crippen molar-refractivity contribution in [3.8, 4) is 23.3 Å². The molecular weight excluding hydrogens is 364 g/mol. The Morgan fingerprint density at radius 2 is 1.86 bits per heavy atom. The highest BCUT2D eigenvalue weighted by atomic mass is 16.5. The number of carbonyl (C=O) groups excluding carboxylic acids is 1. The lowest BCUT2D eigenvalue weighted by molar-refractivity contribution is 0.0958. The molecule has 0 bridgehead atoms. The van der Waals surface area contributed by atoms with Gasteiger partial charge in [-0.25, -0.2) is 0 Å². The number of hydrogen-bond donors (Lipinski definition) is 1. The van der Waals surface area contributed by atoms with Crippen LogP contribution in [0.3, 0.4) is 0 Å². The van der Waals surface area contributed by atoms with Crippen molar-refractivity contribution in [2.24, 2.45) is 0 Å². The molecule has 29 heavy (non-hydrogen) atoms. The Morgan fingerprint density at radius 3 is 2.69 bits per heavy atom. The molecule has 1 N–H and O–H groups in total. The zero-order valence-corrected chi connectivity index (χ0v) is 16.5. The number of nitrogens with zero attached hydrogens (tertiary/aromatic N) is 1. The standard InChI is InChI=1S/C24H24N2O3/c1-2-3-17-28-21-13-11-20(12-14-21)24(27)26-15-4-5-18-29-22-10-6-8-19-9-7-16-25-23(19)22/h6-14,16H,2-3,15,17-18H2,1H3,(H,26,27). The maximum Gasteiger partial charge on any atom is 0.252 e. The lowest BCUT2D eigenvalue weighted by atomic mass is 10.2. The molecule has 0 radical (unpaired) electrons. The average molecular weight is 388 g/mol. The molecule has 1 amide bonds. The van der Waals surface area contributed by atoms with Crippen molar-refractivity contribution in [3.63, 3.8) is 0 Å². The Hall–Kier alpha value is -3.52. The number of carbonyl (C=O) groups is 1. The van der Waals surface area contributed by atoms with Gasteiger partial charge in [0.1, 0.15) is 23.6 Å². The van der Waals surface area contributed by atoms with Gasteiger partial charge in [0.2, 0.25) is 0 Å². The molecule has 0 spiro atoms. The zero-order valence-electron chi connectivity index (χ0n) is 16.5. The smallest absolute Gasteiger partial charge is 0.252 e. The summed E-state index contributed by atoms with van der Waals surface area (Å²) in [4.78, 5) is 16.5. The quantitative estimate of drug-likeness (QED) is 0.463. The summed E-state index contributed by atoms with van der Waals surface area (Å²) in [6.07, 6.45) is 3.84. The van der Waals surface area contributed by atoms with Crippen LogP contribution in [0.15, 0.2) is 60.8 Å². The molecule has 5 nitrogen and oxygen atoms in total. The molecule has 0 aliphatic carbocycles. The molecule has 0 atom stereocenters. The molecule has 0 saturated carbocycles. The molecule has 3 rings (SSSR count). The second kappa shape index (κ2) is 10.7. The number of para-hydroxylation sites is 1. The highest BCUT2D eigenvalue weighted by Gasteiger charge is 2.04. The summed E-state index contributed by atoms with van der Waals surface area (Å²) < 4.78 is 11.3. The van der Waals surface area contributed by atoms with E-state index in [0.717, 1.165) is 29.5 Å². The summed E-state index contributed by atoms with van der Waals surface area (Å²) in [5, 5.41) is 3.80. The lowest BCUT2D eigenvalue weighted by Gasteiger charge is -2.06. The van der Waals surface area contributed by atoms with Crippen molar-refractivity contribution >= 4 is 16.8 Å². The first-order valence-corrected chi connectivity index (χ1v) is 9.71. The van der Waals surface area contributed by atoms with E-state index in [0.29, 0.717) is 17.9 Å². The SMILES string of the molecule is CCCCOc1ccc(C(=O)NCC#CCOc2cccc3cccnc23)cc1. The second-order valence-corrected chi connectivity index (χ2v) is 6.38. The van der Waals surface area contributed by atoms with Gasteiger partial charge in [-0.15, -0.1) is 0 Å². The minimum Gasteiger partial charge on any atom is -0.494 e. The molecule has 0 saturated heterocycles. The molecule has 3 aromatic rings. The number of unbranched alkanes of at least 4 members (excludes halogenated alkanes) is 1. The Bertz CT molecular complexity index is 999. The summed E-state index contributed by atoms with van der Waals surface area (Å²) in [5.41, 5.74) is 1.39. The van der Waals surface area contributed by atoms with Gasteiger partial charge in [-0.2, -0.15) is 0 Å². The third kappa shape index (κ3) is 5.98. The third-order valence-electron chi connectivity index (χ3n) is 4.24. The van der Waals surface area contributed by atoms with Gasteiger partial charge in [0.15, 0.2) is 0 Å². The van der Waals surface area contributed by atoms with Crippen LogP contribution in [0.5, 0.6) is 11.5 Å². The first-order chi connectivity index (χ1) is 14.3. The Labute approximate surface area is 171 Å². The van der Waals surface area contributed by atoms with E-state index in [1.165, 1.54) is 0 Å². The maximum atomic E-state index is 12.2. The maximum absolute atomic E-state index is 12.2. The van der Waals surface area contributed by atoms with Crippen molar-refractivity contribution in [1.29, 1.82) is 0 Å². The van der Waals surface area contributed by atoms with Gasteiger partial charge in [0.25, 0.3) is 5.91 Å². The molecule has 5 heteroatoms. The molecule has 1 aromatic heterocycles. The number of pyridine rings is 1. The van der Waals surface area contributed by atoms with Crippen LogP contribution >= 0.6 is 0 Å². The fraction of sp³-hybridized carbons (Fsp3) is 0.250. The number of rotatable bonds is 8. The Balaban J connectivity index is 1.43. The van der Waals surface area contributed by atoms with Gasteiger partial charge in [0, 0.05) is 17.1 Å². The number of hydrogen-bond acceptors (Lipinski definition) is 4. The van der Waals surface area contributed by atoms with E-state index in [4.69, 9.17) is 9.47 Å². The van der Waals surface area contributed by atoms with Crippen molar-refractivity contribution in [2.45, 2.75) is 19.8 Å². The van der Waals surface area contributed by atoms with Gasteiger partial charge in [-0.05, 0) is 42.8 Å². The summed E-state index contributed by atoms with van der Waals surface area (Å²) in [5.74, 6) is 7.11. The van der Waals surface area contributed by atoms with Crippen molar-refractivity contribution in [1.82, 2.24) is 10.3 Å². The molecule has 148 valence electrons. The number of aromatic nitrogens is 1. The van der Waals surface area contributed by atoms with E-state index in [2.05, 4.69) is 29.1 Å². The van der Waals surface area contributed by atoms with Gasteiger partial charge in [-0.1, -0.05) is 43.4 Å². The van der Waals surface area contributed by atoms with Gasteiger partial charge >= 0.3 is 0 Å². The predicted molar refractivity (Wildman–Crippen MR) is 114 cm³/mol. The summed E-state index contributed by atoms with van der Waals surface area (Å²) >= 11 is 0. The molecule has 0 aliphatic heterocycles. The first-order valence-electron chi connectivity index (χ1n) is 9.71. The van der Waals surface area contributed by atoms with Gasteiger partial charge in [0.05, 0.1) is 13.2 Å². The number of nitrogens with one attached hydrogen (secondary N) is 1. The highest BCUT2D eigenvalue weighted by Crippen LogP contribution is 2.22. The van der Waals surface area contributed by atoms with Crippen LogP contribution in [0.1, 0.15) is 30.1 Å². The van der Waals surface area contributed by atoms with Crippen molar-refractivity contribution in [3.05, 3.63) is 66.4 Å². The number of ether oxygens (including phenoxy) is 2. The topological polar surface area (TPSA) is 60.5 Å². The van der Waals surface area contributed by atoms with Gasteiger partial charge < -0.3 is 14.8 Å². The van der Waals surface area contributed by atoms with Crippen LogP contribution in [-0.4, -0.2) is 30.6 Å². The van der Waals surface area contributed by atoms with Crippen molar-refractivity contribution < 1.29 is 14.3 Å². The van der Waals surface area contributed by atoms with Crippen LogP contribution in [0.4, 0.5) is 0 Å². The molecule has 2 aromatic carbocycles. The Kier molecular flexibility index (Phi) is 7.48. The highest BCUT2D eigenvalue weighted by molar-refractivity contribution is 5.94. The molecule has 0 aliphatic rings. The molecule has 1 heterocycles. The monoisotopic (exact) mass is 388 g/mol. The van der Waals surface area contributed by atoms with E-state index < -0.39 is 0 Å². The van der Waals surface area contributed by atoms with E-state index in [9.17, 15) is 4.79 Å². The van der Waals surface area contributed by atoms with Crippen LogP contribution in [0.2, 0.25) is 0 Å². The van der Waals surface area contributed by atoms with E-state index in [1.54, 1.807) is 18.3 Å². The fourth-order valence-corrected chi connectivity index (χ4v) is 2.68. The molecule has 0 unspecified atom stereocenters. The molecular formula is C24H24N2O3. The minimum absolute atomic E-state index is 0.168. The number of amides is 1. The fourth-order valence-electron chi connectivity index (χ4n) is 2.68. The van der Waals surface area contributed by atoms with Crippen LogP contribution in [0, 0.1) is 11.8 Å². The lowest BCUT2D eigenvalue weighted by Crippen LogP contribution is -2.23. The second-order valence-electron chi connectivity index (χ2n) is 6.38. The Morgan fingerprint density at radius 1 is 1.03 bits per heavy atom. The minimum atomic E-state index is -0.168. The largest absolute Gasteiger partial charge is 0.494 e. The summed E-state index contributed by atoms with van der Waals surface area (Å²) in [7, 11) is 0. The van der Waals surface area contributed by atoms with E-state index in [-0.39, 0.29) is 19.1 Å².